The van der Waals surface area contributed by atoms with Crippen molar-refractivity contribution in [3.63, 3.8) is 0 Å². The molecule has 3 aromatic rings. The summed E-state index contributed by atoms with van der Waals surface area (Å²) >= 11 is 5.96. The van der Waals surface area contributed by atoms with Crippen LogP contribution in [0.5, 0.6) is 0 Å². The predicted molar refractivity (Wildman–Crippen MR) is 97.7 cm³/mol. The van der Waals surface area contributed by atoms with E-state index in [4.69, 9.17) is 4.42 Å². The van der Waals surface area contributed by atoms with Crippen LogP contribution in [0.15, 0.2) is 27.1 Å². The predicted octanol–water partition coefficient (Wildman–Crippen LogP) is 3.32. The monoisotopic (exact) mass is 438 g/mol. The number of carbonyl (C=O) groups excluding carboxylic acids is 2. The second-order valence-electron chi connectivity index (χ2n) is 5.74. The van der Waals surface area contributed by atoms with Crippen LogP contribution in [0.2, 0.25) is 0 Å². The van der Waals surface area contributed by atoms with Gasteiger partial charge in [-0.05, 0) is 36.9 Å². The standard InChI is InChI=1S/C15H11BrN4O3S2/c1-15(13(21)18-14(22)25-15)6-11-20-19-10(23-11)5-12-17-8-3-2-7(16)4-9(8)24-12/h2-4H,5-6H2,1H3,(H,18,21,22). The van der Waals surface area contributed by atoms with E-state index in [1.54, 1.807) is 18.3 Å². The Morgan fingerprint density at radius 3 is 2.84 bits per heavy atom. The number of thioether (sulfide) groups is 1. The summed E-state index contributed by atoms with van der Waals surface area (Å²) in [4.78, 5) is 27.8. The summed E-state index contributed by atoms with van der Waals surface area (Å²) < 4.78 is 6.82. The van der Waals surface area contributed by atoms with E-state index in [9.17, 15) is 9.59 Å². The van der Waals surface area contributed by atoms with Gasteiger partial charge >= 0.3 is 0 Å². The molecule has 1 aromatic carbocycles. The SMILES string of the molecule is CC1(Cc2nnc(Cc3nc4ccc(Br)cc4s3)o2)SC(=O)NC1=O. The molecular weight excluding hydrogens is 428 g/mol. The Labute approximate surface area is 158 Å². The molecule has 128 valence electrons. The zero-order chi connectivity index (χ0) is 17.6. The number of amides is 2. The first-order valence-electron chi connectivity index (χ1n) is 7.32. The lowest BCUT2D eigenvalue weighted by Crippen LogP contribution is -2.35. The van der Waals surface area contributed by atoms with Crippen molar-refractivity contribution >= 4 is 60.4 Å². The van der Waals surface area contributed by atoms with Crippen molar-refractivity contribution in [2.75, 3.05) is 0 Å². The summed E-state index contributed by atoms with van der Waals surface area (Å²) in [5.41, 5.74) is 0.924. The highest BCUT2D eigenvalue weighted by molar-refractivity contribution is 9.10. The third kappa shape index (κ3) is 3.33. The van der Waals surface area contributed by atoms with Crippen LogP contribution < -0.4 is 5.32 Å². The summed E-state index contributed by atoms with van der Waals surface area (Å²) in [5, 5.41) is 10.8. The number of aromatic nitrogens is 3. The molecule has 4 rings (SSSR count). The normalized spacial score (nSPS) is 20.4. The summed E-state index contributed by atoms with van der Waals surface area (Å²) in [6.45, 7) is 1.69. The highest BCUT2D eigenvalue weighted by atomic mass is 79.9. The van der Waals surface area contributed by atoms with Gasteiger partial charge in [0.25, 0.3) is 5.24 Å². The van der Waals surface area contributed by atoms with Crippen LogP contribution in [0.25, 0.3) is 10.2 Å². The van der Waals surface area contributed by atoms with Crippen LogP contribution in [0, 0.1) is 0 Å². The maximum atomic E-state index is 11.9. The Morgan fingerprint density at radius 1 is 1.28 bits per heavy atom. The van der Waals surface area contributed by atoms with E-state index in [2.05, 4.69) is 36.4 Å². The summed E-state index contributed by atoms with van der Waals surface area (Å²) in [6.07, 6.45) is 0.633. The van der Waals surface area contributed by atoms with Crippen LogP contribution >= 0.6 is 39.0 Å². The largest absolute Gasteiger partial charge is 0.425 e. The molecule has 10 heteroatoms. The third-order valence-corrected chi connectivity index (χ3v) is 6.29. The molecule has 0 radical (unpaired) electrons. The fourth-order valence-corrected chi connectivity index (χ4v) is 4.89. The van der Waals surface area contributed by atoms with Gasteiger partial charge in [-0.1, -0.05) is 15.9 Å². The van der Waals surface area contributed by atoms with E-state index in [0.29, 0.717) is 18.2 Å². The molecule has 1 aliphatic heterocycles. The summed E-state index contributed by atoms with van der Waals surface area (Å²) in [7, 11) is 0. The maximum absolute atomic E-state index is 11.9. The van der Waals surface area contributed by atoms with E-state index >= 15 is 0 Å². The number of carbonyl (C=O) groups is 2. The molecule has 1 atom stereocenters. The number of nitrogens with one attached hydrogen (secondary N) is 1. The molecule has 25 heavy (non-hydrogen) atoms. The molecule has 7 nitrogen and oxygen atoms in total. The average molecular weight is 439 g/mol. The first-order chi connectivity index (χ1) is 11.9. The Bertz CT molecular complexity index is 1000. The first kappa shape index (κ1) is 16.7. The molecular formula is C15H11BrN4O3S2. The van der Waals surface area contributed by atoms with Crippen LogP contribution in [0.1, 0.15) is 23.7 Å². The fourth-order valence-electron chi connectivity index (χ4n) is 2.49. The lowest BCUT2D eigenvalue weighted by atomic mass is 10.1. The van der Waals surface area contributed by atoms with Gasteiger partial charge in [-0.2, -0.15) is 0 Å². The summed E-state index contributed by atoms with van der Waals surface area (Å²) in [5.74, 6) is 0.434. The van der Waals surface area contributed by atoms with Gasteiger partial charge in [0.15, 0.2) is 0 Å². The molecule has 2 amide bonds. The van der Waals surface area contributed by atoms with E-state index in [-0.39, 0.29) is 17.6 Å². The van der Waals surface area contributed by atoms with Crippen molar-refractivity contribution in [3.8, 4) is 0 Å². The van der Waals surface area contributed by atoms with Gasteiger partial charge in [0.1, 0.15) is 9.75 Å². The van der Waals surface area contributed by atoms with Crippen molar-refractivity contribution in [1.29, 1.82) is 0 Å². The Morgan fingerprint density at radius 2 is 2.08 bits per heavy atom. The first-order valence-corrected chi connectivity index (χ1v) is 9.74. The number of hydrogen-bond donors (Lipinski definition) is 1. The minimum absolute atomic E-state index is 0.203. The minimum atomic E-state index is -0.914. The topological polar surface area (TPSA) is 98.0 Å². The van der Waals surface area contributed by atoms with Gasteiger partial charge in [0.05, 0.1) is 16.6 Å². The fraction of sp³-hybridized carbons (Fsp3) is 0.267. The van der Waals surface area contributed by atoms with Gasteiger partial charge in [0, 0.05) is 10.9 Å². The van der Waals surface area contributed by atoms with Crippen LogP contribution in [-0.2, 0) is 17.6 Å². The Hall–Kier alpha value is -1.78. The van der Waals surface area contributed by atoms with Gasteiger partial charge in [-0.3, -0.25) is 14.9 Å². The molecule has 1 unspecified atom stereocenters. The quantitative estimate of drug-likeness (QED) is 0.666. The number of halogens is 1. The van der Waals surface area contributed by atoms with E-state index in [1.807, 2.05) is 18.2 Å². The van der Waals surface area contributed by atoms with E-state index < -0.39 is 4.75 Å². The lowest BCUT2D eigenvalue weighted by molar-refractivity contribution is -0.121. The molecule has 0 spiro atoms. The number of benzene rings is 1. The van der Waals surface area contributed by atoms with Crippen molar-refractivity contribution in [2.45, 2.75) is 24.5 Å². The summed E-state index contributed by atoms with van der Waals surface area (Å²) in [6, 6.07) is 5.92. The Kier molecular flexibility index (Phi) is 4.13. The minimum Gasteiger partial charge on any atom is -0.425 e. The number of thiazole rings is 1. The zero-order valence-electron chi connectivity index (χ0n) is 12.9. The second kappa shape index (κ2) is 6.19. The van der Waals surface area contributed by atoms with Crippen LogP contribution in [-0.4, -0.2) is 31.1 Å². The van der Waals surface area contributed by atoms with Crippen molar-refractivity contribution in [3.05, 3.63) is 39.5 Å². The molecule has 0 bridgehead atoms. The average Bonchev–Trinajstić information content (AvgIpc) is 3.18. The number of imide groups is 1. The molecule has 1 fully saturated rings. The second-order valence-corrected chi connectivity index (χ2v) is 9.24. The molecule has 0 saturated carbocycles. The molecule has 1 saturated heterocycles. The molecule has 2 aromatic heterocycles. The highest BCUT2D eigenvalue weighted by Crippen LogP contribution is 2.34. The lowest BCUT2D eigenvalue weighted by Gasteiger charge is -2.14. The van der Waals surface area contributed by atoms with Gasteiger partial charge in [-0.25, -0.2) is 4.98 Å². The van der Waals surface area contributed by atoms with E-state index in [1.165, 1.54) is 0 Å². The Balaban J connectivity index is 1.51. The zero-order valence-corrected chi connectivity index (χ0v) is 16.1. The van der Waals surface area contributed by atoms with Crippen molar-refractivity contribution < 1.29 is 14.0 Å². The third-order valence-electron chi connectivity index (χ3n) is 3.71. The molecule has 1 N–H and O–H groups in total. The number of nitrogens with zero attached hydrogens (tertiary/aromatic N) is 3. The number of fused-ring (bicyclic) bond motifs is 1. The number of hydrogen-bond acceptors (Lipinski definition) is 8. The van der Waals surface area contributed by atoms with Gasteiger partial charge in [-0.15, -0.1) is 21.5 Å². The highest BCUT2D eigenvalue weighted by Gasteiger charge is 2.45. The smallest absolute Gasteiger partial charge is 0.286 e. The number of rotatable bonds is 4. The van der Waals surface area contributed by atoms with Crippen LogP contribution in [0.3, 0.4) is 0 Å². The molecule has 3 heterocycles. The van der Waals surface area contributed by atoms with Crippen LogP contribution in [0.4, 0.5) is 4.79 Å². The maximum Gasteiger partial charge on any atom is 0.286 e. The molecule has 1 aliphatic rings. The van der Waals surface area contributed by atoms with Crippen molar-refractivity contribution in [1.82, 2.24) is 20.5 Å². The van der Waals surface area contributed by atoms with Gasteiger partial charge in [0.2, 0.25) is 17.7 Å². The van der Waals surface area contributed by atoms with Gasteiger partial charge < -0.3 is 4.42 Å². The van der Waals surface area contributed by atoms with Crippen molar-refractivity contribution in [2.24, 2.45) is 0 Å². The molecule has 0 aliphatic carbocycles. The van der Waals surface area contributed by atoms with E-state index in [0.717, 1.165) is 31.5 Å².